The van der Waals surface area contributed by atoms with Crippen molar-refractivity contribution >= 4 is 5.57 Å². The molecule has 0 fully saturated rings. The largest absolute Gasteiger partial charge is 0.492 e. The van der Waals surface area contributed by atoms with E-state index in [9.17, 15) is 0 Å². The van der Waals surface area contributed by atoms with E-state index < -0.39 is 0 Å². The van der Waals surface area contributed by atoms with Gasteiger partial charge in [0.25, 0.3) is 0 Å². The van der Waals surface area contributed by atoms with Crippen LogP contribution in [0.15, 0.2) is 18.2 Å². The minimum absolute atomic E-state index is 0.685. The van der Waals surface area contributed by atoms with Gasteiger partial charge >= 0.3 is 0 Å². The normalized spacial score (nSPS) is 15.5. The summed E-state index contributed by atoms with van der Waals surface area (Å²) in [4.78, 5) is 2.37. The van der Waals surface area contributed by atoms with Crippen LogP contribution in [0.25, 0.3) is 5.57 Å². The summed E-state index contributed by atoms with van der Waals surface area (Å²) in [6.45, 7) is 9.79. The Morgan fingerprint density at radius 1 is 1.22 bits per heavy atom. The van der Waals surface area contributed by atoms with Crippen molar-refractivity contribution in [3.8, 4) is 5.75 Å². The van der Waals surface area contributed by atoms with E-state index in [1.54, 1.807) is 0 Å². The molecule has 0 saturated carbocycles. The molecular weight excluding hydrogens is 290 g/mol. The first kappa shape index (κ1) is 15.7. The number of nitrogens with zero attached hydrogens (tertiary/aromatic N) is 4. The predicted molar refractivity (Wildman–Crippen MR) is 89.4 cm³/mol. The third-order valence-corrected chi connectivity index (χ3v) is 4.39. The lowest BCUT2D eigenvalue weighted by Crippen LogP contribution is -2.33. The number of aryl methyl sites for hydroxylation is 2. The molecule has 23 heavy (non-hydrogen) atoms. The molecule has 1 aliphatic heterocycles. The molecule has 2 aromatic rings. The lowest BCUT2D eigenvalue weighted by molar-refractivity contribution is 0.222. The van der Waals surface area contributed by atoms with Crippen LogP contribution in [-0.4, -0.2) is 51.8 Å². The standard InChI is InChI=1S/C17H23N5O/c1-12-6-7-13(2)16(14(12)3)23-10-9-22-8-4-5-15(11-22)17-18-20-21-19-17/h5-7H,4,8-11H2,1-3H3,(H,18,19,20,21). The van der Waals surface area contributed by atoms with Crippen LogP contribution in [0.1, 0.15) is 28.9 Å². The molecule has 0 radical (unpaired) electrons. The summed E-state index contributed by atoms with van der Waals surface area (Å²) in [5.74, 6) is 1.72. The Morgan fingerprint density at radius 3 is 2.83 bits per heavy atom. The van der Waals surface area contributed by atoms with Gasteiger partial charge < -0.3 is 4.74 Å². The van der Waals surface area contributed by atoms with Crippen LogP contribution in [-0.2, 0) is 0 Å². The van der Waals surface area contributed by atoms with Gasteiger partial charge in [-0.2, -0.15) is 5.21 Å². The Hall–Kier alpha value is -2.21. The van der Waals surface area contributed by atoms with E-state index in [0.717, 1.165) is 37.4 Å². The van der Waals surface area contributed by atoms with Gasteiger partial charge in [-0.3, -0.25) is 4.90 Å². The number of nitrogens with one attached hydrogen (secondary N) is 1. The number of hydrogen-bond donors (Lipinski definition) is 1. The number of aromatic nitrogens is 4. The molecule has 0 unspecified atom stereocenters. The van der Waals surface area contributed by atoms with Crippen molar-refractivity contribution in [2.45, 2.75) is 27.2 Å². The van der Waals surface area contributed by atoms with E-state index in [-0.39, 0.29) is 0 Å². The van der Waals surface area contributed by atoms with Crippen molar-refractivity contribution in [2.75, 3.05) is 26.2 Å². The van der Waals surface area contributed by atoms with Gasteiger partial charge in [-0.1, -0.05) is 18.2 Å². The topological polar surface area (TPSA) is 66.9 Å². The smallest absolute Gasteiger partial charge is 0.201 e. The molecule has 0 amide bonds. The lowest BCUT2D eigenvalue weighted by atomic mass is 10.1. The highest BCUT2D eigenvalue weighted by Crippen LogP contribution is 2.25. The second-order valence-corrected chi connectivity index (χ2v) is 6.03. The molecule has 122 valence electrons. The average Bonchev–Trinajstić information content (AvgIpc) is 3.09. The van der Waals surface area contributed by atoms with Crippen molar-refractivity contribution in [1.29, 1.82) is 0 Å². The van der Waals surface area contributed by atoms with E-state index in [2.05, 4.69) is 64.5 Å². The predicted octanol–water partition coefficient (Wildman–Crippen LogP) is 2.29. The second-order valence-electron chi connectivity index (χ2n) is 6.03. The number of H-pyrrole nitrogens is 1. The third-order valence-electron chi connectivity index (χ3n) is 4.39. The van der Waals surface area contributed by atoms with E-state index in [1.807, 2.05) is 0 Å². The van der Waals surface area contributed by atoms with Gasteiger partial charge in [-0.15, -0.1) is 10.2 Å². The molecule has 6 nitrogen and oxygen atoms in total. The first-order valence-electron chi connectivity index (χ1n) is 8.00. The number of rotatable bonds is 5. The summed E-state index contributed by atoms with van der Waals surface area (Å²) in [5, 5.41) is 14.3. The fourth-order valence-corrected chi connectivity index (χ4v) is 2.88. The zero-order valence-electron chi connectivity index (χ0n) is 14.0. The number of hydrogen-bond acceptors (Lipinski definition) is 5. The summed E-state index contributed by atoms with van der Waals surface area (Å²) in [7, 11) is 0. The van der Waals surface area contributed by atoms with Crippen molar-refractivity contribution in [2.24, 2.45) is 0 Å². The first-order valence-corrected chi connectivity index (χ1v) is 8.00. The van der Waals surface area contributed by atoms with E-state index >= 15 is 0 Å². The zero-order chi connectivity index (χ0) is 16.2. The summed E-state index contributed by atoms with van der Waals surface area (Å²) >= 11 is 0. The molecule has 1 aromatic heterocycles. The molecule has 2 heterocycles. The minimum atomic E-state index is 0.685. The third kappa shape index (κ3) is 3.59. The Kier molecular flexibility index (Phi) is 4.71. The number of tetrazole rings is 1. The Morgan fingerprint density at radius 2 is 2.04 bits per heavy atom. The van der Waals surface area contributed by atoms with Crippen molar-refractivity contribution in [1.82, 2.24) is 25.5 Å². The quantitative estimate of drug-likeness (QED) is 0.917. The summed E-state index contributed by atoms with van der Waals surface area (Å²) in [6, 6.07) is 4.26. The number of ether oxygens (including phenoxy) is 1. The first-order chi connectivity index (χ1) is 11.1. The molecule has 0 aliphatic carbocycles. The van der Waals surface area contributed by atoms with Crippen molar-refractivity contribution in [3.05, 3.63) is 40.7 Å². The molecule has 3 rings (SSSR count). The summed E-state index contributed by atoms with van der Waals surface area (Å²) in [6.07, 6.45) is 3.20. The van der Waals surface area contributed by atoms with Crippen LogP contribution in [0, 0.1) is 20.8 Å². The van der Waals surface area contributed by atoms with Gasteiger partial charge in [0.1, 0.15) is 12.4 Å². The Bertz CT molecular complexity index is 693. The SMILES string of the molecule is Cc1ccc(C)c(OCCN2CCC=C(c3nn[nH]n3)C2)c1C. The van der Waals surface area contributed by atoms with Crippen LogP contribution in [0.5, 0.6) is 5.75 Å². The van der Waals surface area contributed by atoms with Crippen molar-refractivity contribution < 1.29 is 4.74 Å². The number of benzene rings is 1. The molecule has 1 N–H and O–H groups in total. The maximum absolute atomic E-state index is 6.07. The molecule has 0 atom stereocenters. The maximum Gasteiger partial charge on any atom is 0.201 e. The van der Waals surface area contributed by atoms with Gasteiger partial charge in [0.15, 0.2) is 0 Å². The van der Waals surface area contributed by atoms with Gasteiger partial charge in [0.05, 0.1) is 0 Å². The molecule has 6 heteroatoms. The molecule has 0 bridgehead atoms. The average molecular weight is 313 g/mol. The Labute approximate surface area is 136 Å². The highest BCUT2D eigenvalue weighted by molar-refractivity contribution is 5.61. The van der Waals surface area contributed by atoms with E-state index in [4.69, 9.17) is 4.74 Å². The van der Waals surface area contributed by atoms with Crippen LogP contribution in [0.2, 0.25) is 0 Å². The van der Waals surface area contributed by atoms with Crippen LogP contribution in [0.3, 0.4) is 0 Å². The second kappa shape index (κ2) is 6.91. The highest BCUT2D eigenvalue weighted by atomic mass is 16.5. The molecule has 0 saturated heterocycles. The fourth-order valence-electron chi connectivity index (χ4n) is 2.88. The van der Waals surface area contributed by atoms with Gasteiger partial charge in [0, 0.05) is 25.2 Å². The lowest BCUT2D eigenvalue weighted by Gasteiger charge is -2.26. The summed E-state index contributed by atoms with van der Waals surface area (Å²) in [5.41, 5.74) is 4.83. The van der Waals surface area contributed by atoms with Gasteiger partial charge in [-0.05, 0) is 49.1 Å². The van der Waals surface area contributed by atoms with Crippen LogP contribution in [0.4, 0.5) is 0 Å². The van der Waals surface area contributed by atoms with Crippen LogP contribution < -0.4 is 4.74 Å². The van der Waals surface area contributed by atoms with E-state index in [0.29, 0.717) is 12.4 Å². The molecular formula is C17H23N5O. The highest BCUT2D eigenvalue weighted by Gasteiger charge is 2.17. The fraction of sp³-hybridized carbons (Fsp3) is 0.471. The Balaban J connectivity index is 1.56. The zero-order valence-corrected chi connectivity index (χ0v) is 14.0. The van der Waals surface area contributed by atoms with Gasteiger partial charge in [0.2, 0.25) is 5.82 Å². The molecule has 1 aliphatic rings. The molecule has 1 aromatic carbocycles. The van der Waals surface area contributed by atoms with Gasteiger partial charge in [-0.25, -0.2) is 0 Å². The monoisotopic (exact) mass is 313 g/mol. The summed E-state index contributed by atoms with van der Waals surface area (Å²) < 4.78 is 6.07. The van der Waals surface area contributed by atoms with E-state index in [1.165, 1.54) is 16.7 Å². The maximum atomic E-state index is 6.07. The minimum Gasteiger partial charge on any atom is -0.492 e. The molecule has 0 spiro atoms. The van der Waals surface area contributed by atoms with Crippen molar-refractivity contribution in [3.63, 3.8) is 0 Å². The van der Waals surface area contributed by atoms with Crippen LogP contribution >= 0.6 is 0 Å². The number of aromatic amines is 1.